The van der Waals surface area contributed by atoms with Crippen LogP contribution in [0, 0.1) is 6.92 Å². The number of rotatable bonds is 2. The van der Waals surface area contributed by atoms with E-state index in [0.29, 0.717) is 22.3 Å². The molecule has 0 saturated carbocycles. The zero-order valence-corrected chi connectivity index (χ0v) is 17.8. The SMILES string of the molecule is Cc1ccc(-c2[nH]c3c(c2C2C(=O)N(C)c4ccccc42)c(=O)n(C)c(=O)n3C)cc1. The zero-order valence-electron chi connectivity index (χ0n) is 17.8. The van der Waals surface area contributed by atoms with Crippen molar-refractivity contribution < 1.29 is 4.79 Å². The van der Waals surface area contributed by atoms with Crippen LogP contribution < -0.4 is 16.1 Å². The molecular formula is C24H22N4O3. The summed E-state index contributed by atoms with van der Waals surface area (Å²) in [7, 11) is 4.83. The molecule has 0 bridgehead atoms. The van der Waals surface area contributed by atoms with Gasteiger partial charge in [0.1, 0.15) is 5.65 Å². The molecule has 1 N–H and O–H groups in total. The Hall–Kier alpha value is -3.87. The smallest absolute Gasteiger partial charge is 0.332 e. The standard InChI is InChI=1S/C24H22N4O3/c1-13-9-11-14(12-10-13)20-18(17-15-7-5-6-8-16(15)26(2)22(17)29)19-21(25-20)27(3)24(31)28(4)23(19)30/h5-12,17,25H,1-4H3. The molecule has 0 aliphatic carbocycles. The highest BCUT2D eigenvalue weighted by atomic mass is 16.2. The Morgan fingerprint density at radius 1 is 0.871 bits per heavy atom. The second kappa shape index (κ2) is 6.57. The van der Waals surface area contributed by atoms with Crippen molar-refractivity contribution in [2.75, 3.05) is 11.9 Å². The molecule has 2 aromatic heterocycles. The summed E-state index contributed by atoms with van der Waals surface area (Å²) in [6.07, 6.45) is 0. The molecule has 0 fully saturated rings. The number of anilines is 1. The van der Waals surface area contributed by atoms with E-state index in [4.69, 9.17) is 0 Å². The number of hydrogen-bond acceptors (Lipinski definition) is 3. The van der Waals surface area contributed by atoms with E-state index in [2.05, 4.69) is 4.98 Å². The van der Waals surface area contributed by atoms with Crippen molar-refractivity contribution in [2.45, 2.75) is 12.8 Å². The summed E-state index contributed by atoms with van der Waals surface area (Å²) in [4.78, 5) is 44.2. The topological polar surface area (TPSA) is 80.1 Å². The fourth-order valence-electron chi connectivity index (χ4n) is 4.54. The lowest BCUT2D eigenvalue weighted by atomic mass is 9.89. The number of carbonyl (C=O) groups excluding carboxylic acids is 1. The van der Waals surface area contributed by atoms with E-state index in [1.807, 2.05) is 55.5 Å². The van der Waals surface area contributed by atoms with Gasteiger partial charge in [-0.1, -0.05) is 48.0 Å². The number of fused-ring (bicyclic) bond motifs is 2. The number of benzene rings is 2. The Kier molecular flexibility index (Phi) is 4.05. The molecule has 1 atom stereocenters. The molecule has 3 heterocycles. The Labute approximate surface area is 178 Å². The van der Waals surface area contributed by atoms with Crippen LogP contribution in [0.4, 0.5) is 5.69 Å². The maximum atomic E-state index is 13.4. The third kappa shape index (κ3) is 2.56. The molecular weight excluding hydrogens is 392 g/mol. The van der Waals surface area contributed by atoms with Gasteiger partial charge in [-0.25, -0.2) is 4.79 Å². The fraction of sp³-hybridized carbons (Fsp3) is 0.208. The van der Waals surface area contributed by atoms with E-state index in [1.54, 1.807) is 19.0 Å². The van der Waals surface area contributed by atoms with Gasteiger partial charge in [0.2, 0.25) is 5.91 Å². The van der Waals surface area contributed by atoms with Gasteiger partial charge >= 0.3 is 5.69 Å². The van der Waals surface area contributed by atoms with Crippen LogP contribution >= 0.6 is 0 Å². The van der Waals surface area contributed by atoms with Crippen molar-refractivity contribution in [1.29, 1.82) is 0 Å². The van der Waals surface area contributed by atoms with Gasteiger partial charge < -0.3 is 9.88 Å². The minimum atomic E-state index is -0.642. The van der Waals surface area contributed by atoms with Crippen LogP contribution in [0.15, 0.2) is 58.1 Å². The van der Waals surface area contributed by atoms with E-state index < -0.39 is 17.2 Å². The molecule has 2 aromatic carbocycles. The van der Waals surface area contributed by atoms with Crippen LogP contribution in [0.2, 0.25) is 0 Å². The summed E-state index contributed by atoms with van der Waals surface area (Å²) in [6.45, 7) is 2.00. The second-order valence-electron chi connectivity index (χ2n) is 8.10. The highest BCUT2D eigenvalue weighted by Crippen LogP contribution is 2.45. The molecule has 0 spiro atoms. The molecule has 4 aromatic rings. The number of nitrogens with one attached hydrogen (secondary N) is 1. The van der Waals surface area contributed by atoms with E-state index in [0.717, 1.165) is 26.9 Å². The van der Waals surface area contributed by atoms with Crippen LogP contribution in [0.3, 0.4) is 0 Å². The van der Waals surface area contributed by atoms with Crippen molar-refractivity contribution in [1.82, 2.24) is 14.1 Å². The molecule has 7 nitrogen and oxygen atoms in total. The fourth-order valence-corrected chi connectivity index (χ4v) is 4.54. The normalized spacial score (nSPS) is 15.7. The van der Waals surface area contributed by atoms with Crippen LogP contribution in [0.25, 0.3) is 22.3 Å². The van der Waals surface area contributed by atoms with E-state index in [1.165, 1.54) is 11.6 Å². The molecule has 31 heavy (non-hydrogen) atoms. The summed E-state index contributed by atoms with van der Waals surface area (Å²) in [5, 5.41) is 0.364. The van der Waals surface area contributed by atoms with Crippen molar-refractivity contribution in [3.05, 3.63) is 86.1 Å². The quantitative estimate of drug-likeness (QED) is 0.548. The minimum Gasteiger partial charge on any atom is -0.340 e. The molecule has 0 saturated heterocycles. The Balaban J connectivity index is 1.95. The van der Waals surface area contributed by atoms with Crippen molar-refractivity contribution in [3.8, 4) is 11.3 Å². The lowest BCUT2D eigenvalue weighted by molar-refractivity contribution is -0.118. The number of aromatic amines is 1. The van der Waals surface area contributed by atoms with Gasteiger partial charge in [0.25, 0.3) is 5.56 Å². The molecule has 5 rings (SSSR count). The summed E-state index contributed by atoms with van der Waals surface area (Å²) in [5.74, 6) is -0.747. The molecule has 1 unspecified atom stereocenters. The number of para-hydroxylation sites is 1. The Morgan fingerprint density at radius 3 is 2.26 bits per heavy atom. The number of aryl methyl sites for hydroxylation is 2. The maximum absolute atomic E-state index is 13.4. The first-order valence-electron chi connectivity index (χ1n) is 10.1. The van der Waals surface area contributed by atoms with Gasteiger partial charge in [0.15, 0.2) is 0 Å². The van der Waals surface area contributed by atoms with E-state index >= 15 is 0 Å². The van der Waals surface area contributed by atoms with Gasteiger partial charge in [-0.15, -0.1) is 0 Å². The first-order valence-corrected chi connectivity index (χ1v) is 10.1. The number of carbonyl (C=O) groups is 1. The lowest BCUT2D eigenvalue weighted by Crippen LogP contribution is -2.37. The summed E-state index contributed by atoms with van der Waals surface area (Å²) in [5.41, 5.74) is 4.49. The van der Waals surface area contributed by atoms with E-state index in [-0.39, 0.29) is 5.91 Å². The van der Waals surface area contributed by atoms with Gasteiger partial charge in [-0.05, 0) is 24.1 Å². The molecule has 7 heteroatoms. The first kappa shape index (κ1) is 19.1. The summed E-state index contributed by atoms with van der Waals surface area (Å²) < 4.78 is 2.51. The highest BCUT2D eigenvalue weighted by Gasteiger charge is 2.40. The largest absolute Gasteiger partial charge is 0.340 e. The molecule has 1 aliphatic rings. The Bertz CT molecular complexity index is 1490. The average Bonchev–Trinajstić information content (AvgIpc) is 3.27. The zero-order chi connectivity index (χ0) is 22.0. The summed E-state index contributed by atoms with van der Waals surface area (Å²) in [6, 6.07) is 15.5. The second-order valence-corrected chi connectivity index (χ2v) is 8.10. The summed E-state index contributed by atoms with van der Waals surface area (Å²) >= 11 is 0. The number of nitrogens with zero attached hydrogens (tertiary/aromatic N) is 3. The lowest BCUT2D eigenvalue weighted by Gasteiger charge is -2.13. The number of aromatic nitrogens is 3. The number of H-pyrrole nitrogens is 1. The monoisotopic (exact) mass is 414 g/mol. The van der Waals surface area contributed by atoms with Crippen LogP contribution in [0.1, 0.15) is 22.6 Å². The number of likely N-dealkylation sites (N-methyl/N-ethyl adjacent to an activating group) is 1. The average molecular weight is 414 g/mol. The van der Waals surface area contributed by atoms with Crippen molar-refractivity contribution in [2.24, 2.45) is 14.1 Å². The van der Waals surface area contributed by atoms with E-state index in [9.17, 15) is 14.4 Å². The third-order valence-electron chi connectivity index (χ3n) is 6.26. The van der Waals surface area contributed by atoms with Crippen LogP contribution in [-0.4, -0.2) is 27.1 Å². The Morgan fingerprint density at radius 2 is 1.55 bits per heavy atom. The van der Waals surface area contributed by atoms with Gasteiger partial charge in [-0.2, -0.15) is 0 Å². The van der Waals surface area contributed by atoms with Gasteiger partial charge in [0.05, 0.1) is 17.0 Å². The number of hydrogen-bond donors (Lipinski definition) is 1. The first-order chi connectivity index (χ1) is 14.8. The highest BCUT2D eigenvalue weighted by molar-refractivity contribution is 6.10. The van der Waals surface area contributed by atoms with Gasteiger partial charge in [-0.3, -0.25) is 18.7 Å². The predicted molar refractivity (Wildman–Crippen MR) is 121 cm³/mol. The van der Waals surface area contributed by atoms with Crippen LogP contribution in [0.5, 0.6) is 0 Å². The molecule has 1 aliphatic heterocycles. The molecule has 1 amide bonds. The van der Waals surface area contributed by atoms with Gasteiger partial charge in [0, 0.05) is 32.4 Å². The van der Waals surface area contributed by atoms with Crippen LogP contribution in [-0.2, 0) is 18.9 Å². The minimum absolute atomic E-state index is 0.105. The maximum Gasteiger partial charge on any atom is 0.332 e. The van der Waals surface area contributed by atoms with Crippen molar-refractivity contribution >= 4 is 22.6 Å². The number of amides is 1. The molecule has 0 radical (unpaired) electrons. The molecule has 156 valence electrons. The van der Waals surface area contributed by atoms with Crippen molar-refractivity contribution in [3.63, 3.8) is 0 Å². The third-order valence-corrected chi connectivity index (χ3v) is 6.26. The predicted octanol–water partition coefficient (Wildman–Crippen LogP) is 2.65.